The van der Waals surface area contributed by atoms with Crippen molar-refractivity contribution >= 4 is 11.0 Å². The van der Waals surface area contributed by atoms with Crippen molar-refractivity contribution in [1.82, 2.24) is 5.32 Å². The number of methoxy groups -OCH3 is 1. The predicted molar refractivity (Wildman–Crippen MR) is 72.1 cm³/mol. The quantitative estimate of drug-likeness (QED) is 0.897. The highest BCUT2D eigenvalue weighted by atomic mass is 16.5. The molecular weight excluding hydrogens is 226 g/mol. The normalized spacial score (nSPS) is 15.3. The molecule has 3 nitrogen and oxygen atoms in total. The lowest BCUT2D eigenvalue weighted by Gasteiger charge is -2.01. The molecule has 0 radical (unpaired) electrons. The van der Waals surface area contributed by atoms with Gasteiger partial charge in [-0.05, 0) is 49.9 Å². The van der Waals surface area contributed by atoms with Crippen LogP contribution in [0.25, 0.3) is 11.0 Å². The van der Waals surface area contributed by atoms with E-state index in [9.17, 15) is 0 Å². The topological polar surface area (TPSA) is 34.4 Å². The molecule has 1 saturated carbocycles. The predicted octanol–water partition coefficient (Wildman–Crippen LogP) is 3.31. The summed E-state index contributed by atoms with van der Waals surface area (Å²) in [5.74, 6) is 1.85. The maximum absolute atomic E-state index is 5.97. The summed E-state index contributed by atoms with van der Waals surface area (Å²) in [6.45, 7) is 5.01. The van der Waals surface area contributed by atoms with Gasteiger partial charge in [-0.3, -0.25) is 0 Å². The fourth-order valence-electron chi connectivity index (χ4n) is 2.32. The summed E-state index contributed by atoms with van der Waals surface area (Å²) in [5.41, 5.74) is 3.29. The summed E-state index contributed by atoms with van der Waals surface area (Å²) in [6, 6.07) is 4.88. The van der Waals surface area contributed by atoms with Crippen LogP contribution in [-0.2, 0) is 6.54 Å². The van der Waals surface area contributed by atoms with Crippen molar-refractivity contribution < 1.29 is 9.15 Å². The third-order valence-corrected chi connectivity index (χ3v) is 3.60. The lowest BCUT2D eigenvalue weighted by molar-refractivity contribution is 0.405. The molecule has 96 valence electrons. The van der Waals surface area contributed by atoms with Crippen LogP contribution < -0.4 is 10.1 Å². The van der Waals surface area contributed by atoms with Crippen LogP contribution >= 0.6 is 0 Å². The van der Waals surface area contributed by atoms with Gasteiger partial charge in [-0.2, -0.15) is 0 Å². The molecule has 3 heteroatoms. The van der Waals surface area contributed by atoms with Crippen molar-refractivity contribution in [2.45, 2.75) is 39.3 Å². The molecule has 0 unspecified atom stereocenters. The summed E-state index contributed by atoms with van der Waals surface area (Å²) in [6.07, 6.45) is 2.59. The number of rotatable bonds is 4. The van der Waals surface area contributed by atoms with Crippen LogP contribution in [0.3, 0.4) is 0 Å². The Bertz CT molecular complexity index is 582. The molecule has 1 heterocycles. The van der Waals surface area contributed by atoms with Gasteiger partial charge in [0.15, 0.2) is 11.3 Å². The number of aryl methyl sites for hydroxylation is 2. The molecule has 1 N–H and O–H groups in total. The summed E-state index contributed by atoms with van der Waals surface area (Å²) in [4.78, 5) is 0. The van der Waals surface area contributed by atoms with Gasteiger partial charge < -0.3 is 14.5 Å². The molecule has 18 heavy (non-hydrogen) atoms. The van der Waals surface area contributed by atoms with Crippen molar-refractivity contribution in [2.75, 3.05) is 7.11 Å². The molecular formula is C15H19NO2. The standard InChI is InChI=1S/C15H19NO2/c1-9-6-12-10(2)14(8-16-11-4-5-11)18-15(12)13(7-9)17-3/h6-7,11,16H,4-5,8H2,1-3H3. The minimum absolute atomic E-state index is 0.696. The Labute approximate surface area is 107 Å². The Morgan fingerprint density at radius 1 is 1.33 bits per heavy atom. The van der Waals surface area contributed by atoms with E-state index < -0.39 is 0 Å². The zero-order chi connectivity index (χ0) is 12.7. The van der Waals surface area contributed by atoms with E-state index in [2.05, 4.69) is 25.2 Å². The SMILES string of the molecule is COc1cc(C)cc2c(C)c(CNC3CC3)oc12. The Morgan fingerprint density at radius 2 is 2.11 bits per heavy atom. The number of hydrogen-bond donors (Lipinski definition) is 1. The van der Waals surface area contributed by atoms with Crippen LogP contribution in [0.15, 0.2) is 16.5 Å². The molecule has 0 spiro atoms. The monoisotopic (exact) mass is 245 g/mol. The van der Waals surface area contributed by atoms with Gasteiger partial charge >= 0.3 is 0 Å². The Kier molecular flexibility index (Phi) is 2.78. The average Bonchev–Trinajstić information content (AvgIpc) is 3.13. The Morgan fingerprint density at radius 3 is 2.78 bits per heavy atom. The van der Waals surface area contributed by atoms with Gasteiger partial charge in [0.25, 0.3) is 0 Å². The summed E-state index contributed by atoms with van der Waals surface area (Å²) in [5, 5.41) is 4.66. The molecule has 0 atom stereocenters. The fourth-order valence-corrected chi connectivity index (χ4v) is 2.32. The second-order valence-electron chi connectivity index (χ2n) is 5.15. The van der Waals surface area contributed by atoms with E-state index in [1.807, 2.05) is 6.07 Å². The van der Waals surface area contributed by atoms with E-state index in [4.69, 9.17) is 9.15 Å². The van der Waals surface area contributed by atoms with Gasteiger partial charge in [-0.15, -0.1) is 0 Å². The van der Waals surface area contributed by atoms with Crippen molar-refractivity contribution in [2.24, 2.45) is 0 Å². The van der Waals surface area contributed by atoms with Gasteiger partial charge in [0, 0.05) is 11.4 Å². The van der Waals surface area contributed by atoms with Crippen molar-refractivity contribution in [3.05, 3.63) is 29.0 Å². The molecule has 0 aliphatic heterocycles. The number of furan rings is 1. The summed E-state index contributed by atoms with van der Waals surface area (Å²) >= 11 is 0. The van der Waals surface area contributed by atoms with Crippen LogP contribution in [0.5, 0.6) is 5.75 Å². The lowest BCUT2D eigenvalue weighted by Crippen LogP contribution is -2.15. The highest BCUT2D eigenvalue weighted by Crippen LogP contribution is 2.34. The Balaban J connectivity index is 2.02. The van der Waals surface area contributed by atoms with Crippen LogP contribution in [0.1, 0.15) is 29.7 Å². The summed E-state index contributed by atoms with van der Waals surface area (Å²) < 4.78 is 11.4. The number of nitrogens with one attached hydrogen (secondary N) is 1. The molecule has 3 rings (SSSR count). The molecule has 0 saturated heterocycles. The highest BCUT2D eigenvalue weighted by molar-refractivity contribution is 5.87. The fraction of sp³-hybridized carbons (Fsp3) is 0.467. The lowest BCUT2D eigenvalue weighted by atomic mass is 10.1. The second-order valence-corrected chi connectivity index (χ2v) is 5.15. The number of benzene rings is 1. The zero-order valence-electron chi connectivity index (χ0n) is 11.2. The number of hydrogen-bond acceptors (Lipinski definition) is 3. The van der Waals surface area contributed by atoms with Crippen molar-refractivity contribution in [1.29, 1.82) is 0 Å². The van der Waals surface area contributed by atoms with E-state index in [1.54, 1.807) is 7.11 Å². The van der Waals surface area contributed by atoms with E-state index in [1.165, 1.54) is 29.4 Å². The van der Waals surface area contributed by atoms with E-state index in [0.29, 0.717) is 6.04 Å². The van der Waals surface area contributed by atoms with Crippen molar-refractivity contribution in [3.8, 4) is 5.75 Å². The van der Waals surface area contributed by atoms with Gasteiger partial charge in [-0.25, -0.2) is 0 Å². The minimum Gasteiger partial charge on any atom is -0.493 e. The first-order chi connectivity index (χ1) is 8.69. The third kappa shape index (κ3) is 1.99. The third-order valence-electron chi connectivity index (χ3n) is 3.60. The zero-order valence-corrected chi connectivity index (χ0v) is 11.2. The Hall–Kier alpha value is -1.48. The molecule has 1 aliphatic carbocycles. The molecule has 1 fully saturated rings. The number of ether oxygens (including phenoxy) is 1. The van der Waals surface area contributed by atoms with E-state index in [-0.39, 0.29) is 0 Å². The van der Waals surface area contributed by atoms with E-state index >= 15 is 0 Å². The molecule has 1 aliphatic rings. The molecule has 1 aromatic heterocycles. The first kappa shape index (κ1) is 11.6. The van der Waals surface area contributed by atoms with Crippen LogP contribution in [-0.4, -0.2) is 13.2 Å². The van der Waals surface area contributed by atoms with Gasteiger partial charge in [0.2, 0.25) is 0 Å². The minimum atomic E-state index is 0.696. The first-order valence-corrected chi connectivity index (χ1v) is 6.49. The van der Waals surface area contributed by atoms with Crippen LogP contribution in [0.4, 0.5) is 0 Å². The van der Waals surface area contributed by atoms with Gasteiger partial charge in [0.05, 0.1) is 13.7 Å². The smallest absolute Gasteiger partial charge is 0.176 e. The van der Waals surface area contributed by atoms with Gasteiger partial charge in [-0.1, -0.05) is 0 Å². The highest BCUT2D eigenvalue weighted by Gasteiger charge is 2.22. The molecule has 0 amide bonds. The average molecular weight is 245 g/mol. The first-order valence-electron chi connectivity index (χ1n) is 6.49. The molecule has 1 aromatic carbocycles. The maximum Gasteiger partial charge on any atom is 0.176 e. The van der Waals surface area contributed by atoms with Crippen molar-refractivity contribution in [3.63, 3.8) is 0 Å². The van der Waals surface area contributed by atoms with Crippen LogP contribution in [0.2, 0.25) is 0 Å². The van der Waals surface area contributed by atoms with E-state index in [0.717, 1.165) is 23.6 Å². The van der Waals surface area contributed by atoms with Gasteiger partial charge in [0.1, 0.15) is 5.76 Å². The number of fused-ring (bicyclic) bond motifs is 1. The second kappa shape index (κ2) is 4.32. The maximum atomic E-state index is 5.97. The van der Waals surface area contributed by atoms with Crippen LogP contribution in [0, 0.1) is 13.8 Å². The largest absolute Gasteiger partial charge is 0.493 e. The summed E-state index contributed by atoms with van der Waals surface area (Å²) in [7, 11) is 1.69. The molecule has 0 bridgehead atoms. The molecule has 2 aromatic rings.